The van der Waals surface area contributed by atoms with Gasteiger partial charge in [0.15, 0.2) is 0 Å². The van der Waals surface area contributed by atoms with E-state index < -0.39 is 5.97 Å². The molecule has 0 fully saturated rings. The number of carbonyl (C=O) groups excluding carboxylic acids is 2. The van der Waals surface area contributed by atoms with Gasteiger partial charge in [0.1, 0.15) is 0 Å². The molecule has 0 aromatic heterocycles. The topological polar surface area (TPSA) is 55.4 Å². The SMILES string of the molecule is CCOC(=O)c1ccccc1NC(=O)C(Br)CC. The summed E-state index contributed by atoms with van der Waals surface area (Å²) >= 11 is 3.26. The van der Waals surface area contributed by atoms with Crippen molar-refractivity contribution in [3.8, 4) is 0 Å². The van der Waals surface area contributed by atoms with Gasteiger partial charge in [-0.05, 0) is 25.5 Å². The summed E-state index contributed by atoms with van der Waals surface area (Å²) in [6.07, 6.45) is 0.674. The maximum Gasteiger partial charge on any atom is 0.340 e. The van der Waals surface area contributed by atoms with Gasteiger partial charge in [0.05, 0.1) is 22.7 Å². The van der Waals surface area contributed by atoms with Gasteiger partial charge in [0, 0.05) is 0 Å². The van der Waals surface area contributed by atoms with E-state index in [1.54, 1.807) is 31.2 Å². The lowest BCUT2D eigenvalue weighted by Gasteiger charge is -2.12. The van der Waals surface area contributed by atoms with Crippen LogP contribution in [-0.2, 0) is 9.53 Å². The molecule has 0 bridgehead atoms. The third-order valence-corrected chi connectivity index (χ3v) is 3.39. The molecule has 18 heavy (non-hydrogen) atoms. The van der Waals surface area contributed by atoms with Crippen molar-refractivity contribution in [1.29, 1.82) is 0 Å². The lowest BCUT2D eigenvalue weighted by molar-refractivity contribution is -0.115. The molecule has 0 aliphatic heterocycles. The van der Waals surface area contributed by atoms with Gasteiger partial charge < -0.3 is 10.1 Å². The fourth-order valence-corrected chi connectivity index (χ4v) is 1.49. The molecule has 0 spiro atoms. The van der Waals surface area contributed by atoms with E-state index in [4.69, 9.17) is 4.74 Å². The van der Waals surface area contributed by atoms with E-state index in [1.807, 2.05) is 6.92 Å². The van der Waals surface area contributed by atoms with E-state index in [1.165, 1.54) is 0 Å². The molecule has 0 saturated carbocycles. The highest BCUT2D eigenvalue weighted by molar-refractivity contribution is 9.10. The zero-order valence-corrected chi connectivity index (χ0v) is 12.0. The van der Waals surface area contributed by atoms with Gasteiger partial charge in [-0.1, -0.05) is 35.0 Å². The first-order valence-corrected chi connectivity index (χ1v) is 6.72. The second kappa shape index (κ2) is 7.16. The first-order valence-electron chi connectivity index (χ1n) is 5.81. The minimum absolute atomic E-state index is 0.172. The van der Waals surface area contributed by atoms with E-state index in [0.29, 0.717) is 24.3 Å². The van der Waals surface area contributed by atoms with Gasteiger partial charge in [-0.25, -0.2) is 4.79 Å². The van der Waals surface area contributed by atoms with Crippen molar-refractivity contribution in [2.75, 3.05) is 11.9 Å². The van der Waals surface area contributed by atoms with Crippen molar-refractivity contribution >= 4 is 33.5 Å². The molecule has 1 N–H and O–H groups in total. The summed E-state index contributed by atoms with van der Waals surface area (Å²) in [5.41, 5.74) is 0.836. The Morgan fingerprint density at radius 2 is 2.00 bits per heavy atom. The molecule has 1 atom stereocenters. The number of amides is 1. The third kappa shape index (κ3) is 3.84. The normalized spacial score (nSPS) is 11.7. The minimum atomic E-state index is -0.434. The van der Waals surface area contributed by atoms with Crippen LogP contribution in [0.25, 0.3) is 0 Å². The van der Waals surface area contributed by atoms with Crippen molar-refractivity contribution in [2.45, 2.75) is 25.1 Å². The molecule has 1 amide bonds. The number of carbonyl (C=O) groups is 2. The fraction of sp³-hybridized carbons (Fsp3) is 0.385. The Hall–Kier alpha value is -1.36. The molecule has 5 heteroatoms. The number of anilines is 1. The summed E-state index contributed by atoms with van der Waals surface area (Å²) in [6.45, 7) is 3.94. The number of halogens is 1. The minimum Gasteiger partial charge on any atom is -0.462 e. The van der Waals surface area contributed by atoms with Crippen LogP contribution < -0.4 is 5.32 Å². The Kier molecular flexibility index (Phi) is 5.85. The highest BCUT2D eigenvalue weighted by Crippen LogP contribution is 2.18. The first kappa shape index (κ1) is 14.7. The molecule has 1 unspecified atom stereocenters. The van der Waals surface area contributed by atoms with Crippen molar-refractivity contribution in [3.63, 3.8) is 0 Å². The Balaban J connectivity index is 2.89. The van der Waals surface area contributed by atoms with Gasteiger partial charge in [-0.15, -0.1) is 0 Å². The van der Waals surface area contributed by atoms with Crippen LogP contribution in [0.5, 0.6) is 0 Å². The highest BCUT2D eigenvalue weighted by Gasteiger charge is 2.17. The average molecular weight is 314 g/mol. The summed E-state index contributed by atoms with van der Waals surface area (Å²) in [7, 11) is 0. The Morgan fingerprint density at radius 3 is 2.61 bits per heavy atom. The van der Waals surface area contributed by atoms with Crippen molar-refractivity contribution in [1.82, 2.24) is 0 Å². The van der Waals surface area contributed by atoms with Crippen LogP contribution in [0.4, 0.5) is 5.69 Å². The number of ether oxygens (including phenoxy) is 1. The zero-order chi connectivity index (χ0) is 13.5. The zero-order valence-electron chi connectivity index (χ0n) is 10.4. The predicted octanol–water partition coefficient (Wildman–Crippen LogP) is 2.98. The van der Waals surface area contributed by atoms with Crippen LogP contribution in [0.2, 0.25) is 0 Å². The van der Waals surface area contributed by atoms with E-state index in [2.05, 4.69) is 21.2 Å². The van der Waals surface area contributed by atoms with Gasteiger partial charge in [0.2, 0.25) is 5.91 Å². The molecule has 0 heterocycles. The number of hydrogen-bond donors (Lipinski definition) is 1. The van der Waals surface area contributed by atoms with E-state index >= 15 is 0 Å². The molecule has 0 aliphatic rings. The predicted molar refractivity (Wildman–Crippen MR) is 74.0 cm³/mol. The number of hydrogen-bond acceptors (Lipinski definition) is 3. The maximum atomic E-state index is 11.8. The van der Waals surface area contributed by atoms with E-state index in [-0.39, 0.29) is 10.7 Å². The fourth-order valence-electron chi connectivity index (χ4n) is 1.38. The average Bonchev–Trinajstić information content (AvgIpc) is 2.38. The van der Waals surface area contributed by atoms with Gasteiger partial charge in [0.25, 0.3) is 0 Å². The standard InChI is InChI=1S/C13H16BrNO3/c1-3-10(14)12(16)15-11-8-6-5-7-9(11)13(17)18-4-2/h5-8,10H,3-4H2,1-2H3,(H,15,16). The van der Waals surface area contributed by atoms with Crippen molar-refractivity contribution in [3.05, 3.63) is 29.8 Å². The lowest BCUT2D eigenvalue weighted by Crippen LogP contribution is -2.23. The molecule has 0 radical (unpaired) electrons. The highest BCUT2D eigenvalue weighted by atomic mass is 79.9. The van der Waals surface area contributed by atoms with Crippen LogP contribution in [0.15, 0.2) is 24.3 Å². The van der Waals surface area contributed by atoms with Crippen LogP contribution in [0.3, 0.4) is 0 Å². The molecule has 98 valence electrons. The smallest absolute Gasteiger partial charge is 0.340 e. The van der Waals surface area contributed by atoms with Crippen molar-refractivity contribution in [2.24, 2.45) is 0 Å². The number of esters is 1. The monoisotopic (exact) mass is 313 g/mol. The summed E-state index contributed by atoms with van der Waals surface area (Å²) < 4.78 is 4.94. The third-order valence-electron chi connectivity index (χ3n) is 2.32. The van der Waals surface area contributed by atoms with E-state index in [0.717, 1.165) is 0 Å². The molecule has 1 aromatic rings. The van der Waals surface area contributed by atoms with Crippen molar-refractivity contribution < 1.29 is 14.3 Å². The number of rotatable bonds is 5. The first-order chi connectivity index (χ1) is 8.60. The van der Waals surface area contributed by atoms with Crippen LogP contribution in [-0.4, -0.2) is 23.3 Å². The van der Waals surface area contributed by atoms with E-state index in [9.17, 15) is 9.59 Å². The lowest BCUT2D eigenvalue weighted by atomic mass is 10.1. The molecular weight excluding hydrogens is 298 g/mol. The second-order valence-corrected chi connectivity index (χ2v) is 4.74. The molecule has 1 rings (SSSR count). The van der Waals surface area contributed by atoms with Gasteiger partial charge in [-0.3, -0.25) is 4.79 Å². The quantitative estimate of drug-likeness (QED) is 0.671. The Labute approximate surface area is 115 Å². The van der Waals surface area contributed by atoms with Crippen LogP contribution in [0.1, 0.15) is 30.6 Å². The molecule has 0 saturated heterocycles. The summed E-state index contributed by atoms with van der Waals surface area (Å²) in [4.78, 5) is 23.2. The summed E-state index contributed by atoms with van der Waals surface area (Å²) in [5, 5.41) is 2.71. The summed E-state index contributed by atoms with van der Waals surface area (Å²) in [6, 6.07) is 6.79. The Morgan fingerprint density at radius 1 is 1.33 bits per heavy atom. The molecule has 4 nitrogen and oxygen atoms in total. The number of para-hydroxylation sites is 1. The molecular formula is C13H16BrNO3. The van der Waals surface area contributed by atoms with Gasteiger partial charge >= 0.3 is 5.97 Å². The number of alkyl halides is 1. The van der Waals surface area contributed by atoms with Crippen LogP contribution >= 0.6 is 15.9 Å². The second-order valence-electron chi connectivity index (χ2n) is 3.63. The number of nitrogens with one attached hydrogen (secondary N) is 1. The van der Waals surface area contributed by atoms with Gasteiger partial charge in [-0.2, -0.15) is 0 Å². The molecule has 0 aliphatic carbocycles. The largest absolute Gasteiger partial charge is 0.462 e. The molecule has 1 aromatic carbocycles. The summed E-state index contributed by atoms with van der Waals surface area (Å²) in [5.74, 6) is -0.606. The maximum absolute atomic E-state index is 11.8. The Bertz CT molecular complexity index is 434. The van der Waals surface area contributed by atoms with Crippen LogP contribution in [0, 0.1) is 0 Å². The number of benzene rings is 1.